The molecule has 3 aliphatic carbocycles. The Hall–Kier alpha value is -3.46. The number of rotatable bonds is 11. The molecule has 2 aliphatic heterocycles. The van der Waals surface area contributed by atoms with Crippen molar-refractivity contribution in [3.8, 4) is 17.0 Å². The number of aromatic nitrogens is 1. The van der Waals surface area contributed by atoms with Crippen molar-refractivity contribution >= 4 is 42.9 Å². The third-order valence-corrected chi connectivity index (χ3v) is 17.2. The second-order valence-corrected chi connectivity index (χ2v) is 21.6. The molecule has 14 heteroatoms. The summed E-state index contributed by atoms with van der Waals surface area (Å²) in [6, 6.07) is 13.5. The number of nitrogens with zero attached hydrogens (tertiary/aromatic N) is 4. The van der Waals surface area contributed by atoms with Crippen molar-refractivity contribution in [1.29, 1.82) is 0 Å². The smallest absolute Gasteiger partial charge is 0.303 e. The lowest BCUT2D eigenvalue weighted by molar-refractivity contribution is -0.137. The molecule has 12 nitrogen and oxygen atoms in total. The molecule has 8 rings (SSSR count). The largest absolute Gasteiger partial charge is 0.497 e. The van der Waals surface area contributed by atoms with Gasteiger partial charge in [0, 0.05) is 74.1 Å². The minimum atomic E-state index is -4.02. The lowest BCUT2D eigenvalue weighted by atomic mass is 9.53. The molecule has 2 aromatic carbocycles. The molecule has 5 aliphatic rings. The summed E-state index contributed by atoms with van der Waals surface area (Å²) >= 11 is 0. The summed E-state index contributed by atoms with van der Waals surface area (Å²) in [5.41, 5.74) is 3.24. The van der Waals surface area contributed by atoms with Gasteiger partial charge >= 0.3 is 10.2 Å². The van der Waals surface area contributed by atoms with Crippen LogP contribution in [0.2, 0.25) is 0 Å². The summed E-state index contributed by atoms with van der Waals surface area (Å²) < 4.78 is 64.4. The monoisotopic (exact) mass is 779 g/mol. The average molecular weight is 780 g/mol. The summed E-state index contributed by atoms with van der Waals surface area (Å²) in [5, 5.41) is 0.538. The van der Waals surface area contributed by atoms with Gasteiger partial charge in [0.15, 0.2) is 0 Å². The summed E-state index contributed by atoms with van der Waals surface area (Å²) in [4.78, 5) is 30.4. The van der Waals surface area contributed by atoms with E-state index in [1.807, 2.05) is 23.1 Å². The number of hydrogen-bond acceptors (Lipinski definition) is 7. The van der Waals surface area contributed by atoms with Gasteiger partial charge in [-0.2, -0.15) is 12.7 Å². The van der Waals surface area contributed by atoms with Gasteiger partial charge in [0.05, 0.1) is 23.5 Å². The van der Waals surface area contributed by atoms with Crippen molar-refractivity contribution in [3.05, 3.63) is 53.6 Å². The summed E-state index contributed by atoms with van der Waals surface area (Å²) in [5.74, 6) is 0.440. The van der Waals surface area contributed by atoms with Gasteiger partial charge < -0.3 is 14.2 Å². The highest BCUT2D eigenvalue weighted by molar-refractivity contribution is 7.89. The molecular weight excluding hydrogens is 727 g/mol. The van der Waals surface area contributed by atoms with Crippen LogP contribution in [0.1, 0.15) is 93.5 Å². The van der Waals surface area contributed by atoms with Crippen LogP contribution in [0.5, 0.6) is 5.75 Å². The molecule has 0 bridgehead atoms. The molecule has 2 amide bonds. The maximum atomic E-state index is 14.9. The molecule has 3 heterocycles. The zero-order valence-corrected chi connectivity index (χ0v) is 33.7. The molecule has 3 saturated carbocycles. The van der Waals surface area contributed by atoms with E-state index in [4.69, 9.17) is 4.74 Å². The summed E-state index contributed by atoms with van der Waals surface area (Å²) in [7, 11) is -3.02. The number of sulfonamides is 1. The summed E-state index contributed by atoms with van der Waals surface area (Å²) in [6.07, 6.45) is 8.84. The standard InChI is InChI=1S/C40H53N5O7S2/c1-27(2)53(48,49)44-25-39-19-20-40(39,26-44)24-43(23-39)37(47)38(17-18-38)22-45-33-21-30(36(46)41-54(50,51)42(3)4)13-16-32(33)34(28-9-7-6-8-10-28)35(45)29-11-14-31(52-5)15-12-29/h11-16,21,27-28H,6-10,17-20,22-26H2,1-5H3,(H,41,46). The molecule has 0 radical (unpaired) electrons. The van der Waals surface area contributed by atoms with Crippen LogP contribution in [0.3, 0.4) is 0 Å². The van der Waals surface area contributed by atoms with Crippen LogP contribution in [0.15, 0.2) is 42.5 Å². The molecule has 1 aromatic heterocycles. The van der Waals surface area contributed by atoms with Crippen LogP contribution in [-0.4, -0.2) is 99.4 Å². The molecule has 3 aromatic rings. The number of carbonyl (C=O) groups excluding carboxylic acids is 2. The minimum Gasteiger partial charge on any atom is -0.497 e. The molecule has 2 atom stereocenters. The van der Waals surface area contributed by atoms with Crippen LogP contribution in [-0.2, 0) is 31.6 Å². The predicted octanol–water partition coefficient (Wildman–Crippen LogP) is 5.34. The first-order valence-electron chi connectivity index (χ1n) is 19.4. The van der Waals surface area contributed by atoms with E-state index in [9.17, 15) is 26.4 Å². The van der Waals surface area contributed by atoms with E-state index in [0.29, 0.717) is 32.7 Å². The maximum absolute atomic E-state index is 14.9. The van der Waals surface area contributed by atoms with Crippen LogP contribution in [0.25, 0.3) is 22.2 Å². The fourth-order valence-electron chi connectivity index (χ4n) is 10.1. The number of nitrogens with one attached hydrogen (secondary N) is 1. The number of likely N-dealkylation sites (tertiary alicyclic amines) is 1. The highest BCUT2D eigenvalue weighted by atomic mass is 32.2. The van der Waals surface area contributed by atoms with Crippen LogP contribution in [0, 0.1) is 16.2 Å². The first-order chi connectivity index (χ1) is 25.6. The zero-order chi connectivity index (χ0) is 38.4. The second kappa shape index (κ2) is 13.1. The lowest BCUT2D eigenvalue weighted by Crippen LogP contribution is -2.49. The number of carbonyl (C=O) groups is 2. The van der Waals surface area contributed by atoms with Crippen molar-refractivity contribution in [2.75, 3.05) is 47.4 Å². The first-order valence-corrected chi connectivity index (χ1v) is 22.3. The molecule has 54 heavy (non-hydrogen) atoms. The quantitative estimate of drug-likeness (QED) is 0.277. The van der Waals surface area contributed by atoms with Crippen molar-refractivity contribution in [1.82, 2.24) is 22.8 Å². The van der Waals surface area contributed by atoms with Crippen molar-refractivity contribution < 1.29 is 31.2 Å². The number of benzene rings is 2. The Morgan fingerprint density at radius 3 is 2.06 bits per heavy atom. The Morgan fingerprint density at radius 2 is 1.52 bits per heavy atom. The number of ether oxygens (including phenoxy) is 1. The highest BCUT2D eigenvalue weighted by Crippen LogP contribution is 2.67. The van der Waals surface area contributed by atoms with Crippen LogP contribution in [0.4, 0.5) is 0 Å². The van der Waals surface area contributed by atoms with E-state index < -0.39 is 36.8 Å². The molecule has 2 saturated heterocycles. The van der Waals surface area contributed by atoms with E-state index in [2.05, 4.69) is 21.4 Å². The average Bonchev–Trinajstić information content (AvgIpc) is 3.75. The maximum Gasteiger partial charge on any atom is 0.303 e. The third kappa shape index (κ3) is 5.88. The molecule has 0 spiro atoms. The van der Waals surface area contributed by atoms with Crippen molar-refractivity contribution in [2.24, 2.45) is 16.2 Å². The minimum absolute atomic E-state index is 0.128. The Balaban J connectivity index is 1.20. The molecule has 5 fully saturated rings. The Labute approximate surface area is 319 Å². The Kier molecular flexibility index (Phi) is 9.06. The van der Waals surface area contributed by atoms with Gasteiger partial charge in [0.1, 0.15) is 5.75 Å². The van der Waals surface area contributed by atoms with Gasteiger partial charge in [-0.15, -0.1) is 0 Å². The number of methoxy groups -OCH3 is 1. The van der Waals surface area contributed by atoms with Gasteiger partial charge in [-0.1, -0.05) is 25.3 Å². The van der Waals surface area contributed by atoms with Crippen LogP contribution >= 0.6 is 0 Å². The second-order valence-electron chi connectivity index (χ2n) is 17.2. The Bertz CT molecular complexity index is 2200. The number of hydrogen-bond donors (Lipinski definition) is 1. The van der Waals surface area contributed by atoms with Gasteiger partial charge in [-0.25, -0.2) is 17.4 Å². The van der Waals surface area contributed by atoms with E-state index in [1.165, 1.54) is 26.1 Å². The number of amides is 2. The third-order valence-electron chi connectivity index (χ3n) is 13.6. The van der Waals surface area contributed by atoms with Gasteiger partial charge in [-0.05, 0) is 106 Å². The fourth-order valence-corrected chi connectivity index (χ4v) is 12.1. The topological polar surface area (TPSA) is 138 Å². The zero-order valence-electron chi connectivity index (χ0n) is 32.1. The molecule has 2 unspecified atom stereocenters. The van der Waals surface area contributed by atoms with Gasteiger partial charge in [-0.3, -0.25) is 9.59 Å². The van der Waals surface area contributed by atoms with E-state index in [-0.39, 0.29) is 28.2 Å². The van der Waals surface area contributed by atoms with Crippen LogP contribution < -0.4 is 9.46 Å². The fraction of sp³-hybridized carbons (Fsp3) is 0.600. The lowest BCUT2D eigenvalue weighted by Gasteiger charge is -2.48. The van der Waals surface area contributed by atoms with Gasteiger partial charge in [0.2, 0.25) is 15.9 Å². The van der Waals surface area contributed by atoms with Gasteiger partial charge in [0.25, 0.3) is 5.91 Å². The Morgan fingerprint density at radius 1 is 0.889 bits per heavy atom. The highest BCUT2D eigenvalue weighted by Gasteiger charge is 2.71. The normalized spacial score (nSPS) is 25.5. The van der Waals surface area contributed by atoms with E-state index in [0.717, 1.165) is 83.6 Å². The van der Waals surface area contributed by atoms with E-state index >= 15 is 0 Å². The molecule has 292 valence electrons. The summed E-state index contributed by atoms with van der Waals surface area (Å²) in [6.45, 7) is 6.00. The van der Waals surface area contributed by atoms with Crippen molar-refractivity contribution in [2.45, 2.75) is 89.3 Å². The number of fused-ring (bicyclic) bond motifs is 1. The van der Waals surface area contributed by atoms with E-state index in [1.54, 1.807) is 37.4 Å². The predicted molar refractivity (Wildman–Crippen MR) is 208 cm³/mol. The SMILES string of the molecule is COc1ccc(-c2c(C3CCCCC3)c3ccc(C(=O)NS(=O)(=O)N(C)C)cc3n2CC2(C(=O)N3CC45CCC4(C3)CN(S(=O)(=O)C(C)C)C5)CC2)cc1. The molecular formula is C40H53N5O7S2. The molecule has 1 N–H and O–H groups in total. The first kappa shape index (κ1) is 37.5. The van der Waals surface area contributed by atoms with Crippen molar-refractivity contribution in [3.63, 3.8) is 0 Å².